The van der Waals surface area contributed by atoms with E-state index in [-0.39, 0.29) is 15.5 Å². The highest BCUT2D eigenvalue weighted by atomic mass is 32.2. The second kappa shape index (κ2) is 9.95. The van der Waals surface area contributed by atoms with E-state index >= 15 is 0 Å². The van der Waals surface area contributed by atoms with E-state index in [4.69, 9.17) is 4.74 Å². The van der Waals surface area contributed by atoms with Crippen molar-refractivity contribution >= 4 is 47.9 Å². The third-order valence-electron chi connectivity index (χ3n) is 6.34. The summed E-state index contributed by atoms with van der Waals surface area (Å²) in [6.45, 7) is 1.53. The number of rotatable bonds is 8. The van der Waals surface area contributed by atoms with E-state index in [1.165, 1.54) is 19.2 Å². The SMILES string of the molecule is COc1ccc(NS(=O)(=O)c2ccc(N3CCCC3)c(NS(=O)(=O)c3ccc4ccccc4c3)c2)cc1. The van der Waals surface area contributed by atoms with E-state index in [1.54, 1.807) is 48.5 Å². The smallest absolute Gasteiger partial charge is 0.261 e. The van der Waals surface area contributed by atoms with Crippen LogP contribution in [0, 0.1) is 0 Å². The molecule has 1 saturated heterocycles. The summed E-state index contributed by atoms with van der Waals surface area (Å²) >= 11 is 0. The molecule has 10 heteroatoms. The Morgan fingerprint density at radius 2 is 1.32 bits per heavy atom. The zero-order valence-electron chi connectivity index (χ0n) is 20.2. The van der Waals surface area contributed by atoms with Crippen LogP contribution in [0.5, 0.6) is 5.75 Å². The molecule has 0 atom stereocenters. The van der Waals surface area contributed by atoms with E-state index in [0.717, 1.165) is 36.7 Å². The lowest BCUT2D eigenvalue weighted by atomic mass is 10.1. The Bertz CT molecular complexity index is 1650. The molecule has 0 saturated carbocycles. The van der Waals surface area contributed by atoms with Gasteiger partial charge in [0.05, 0.1) is 28.3 Å². The topological polar surface area (TPSA) is 105 Å². The third kappa shape index (κ3) is 5.35. The van der Waals surface area contributed by atoms with Crippen LogP contribution < -0.4 is 19.1 Å². The van der Waals surface area contributed by atoms with Crippen molar-refractivity contribution < 1.29 is 21.6 Å². The van der Waals surface area contributed by atoms with Gasteiger partial charge in [-0.1, -0.05) is 30.3 Å². The maximum absolute atomic E-state index is 13.4. The van der Waals surface area contributed by atoms with Crippen LogP contribution in [0.15, 0.2) is 94.7 Å². The van der Waals surface area contributed by atoms with E-state index in [1.807, 2.05) is 24.3 Å². The van der Waals surface area contributed by atoms with Gasteiger partial charge < -0.3 is 9.64 Å². The molecule has 8 nitrogen and oxygen atoms in total. The highest BCUT2D eigenvalue weighted by Crippen LogP contribution is 2.34. The predicted molar refractivity (Wildman–Crippen MR) is 146 cm³/mol. The number of benzene rings is 4. The largest absolute Gasteiger partial charge is 0.497 e. The molecule has 1 heterocycles. The van der Waals surface area contributed by atoms with Crippen molar-refractivity contribution in [2.75, 3.05) is 34.5 Å². The fraction of sp³-hybridized carbons (Fsp3) is 0.185. The van der Waals surface area contributed by atoms with E-state index in [2.05, 4.69) is 14.3 Å². The van der Waals surface area contributed by atoms with Gasteiger partial charge in [0.1, 0.15) is 5.75 Å². The molecule has 0 amide bonds. The molecule has 1 aliphatic rings. The van der Waals surface area contributed by atoms with Crippen molar-refractivity contribution in [3.63, 3.8) is 0 Å². The fourth-order valence-corrected chi connectivity index (χ4v) is 6.59. The number of methoxy groups -OCH3 is 1. The van der Waals surface area contributed by atoms with Gasteiger partial charge in [-0.25, -0.2) is 16.8 Å². The maximum Gasteiger partial charge on any atom is 0.261 e. The van der Waals surface area contributed by atoms with Crippen molar-refractivity contribution in [2.24, 2.45) is 0 Å². The van der Waals surface area contributed by atoms with Gasteiger partial charge in [-0.05, 0) is 78.2 Å². The first-order chi connectivity index (χ1) is 17.7. The Morgan fingerprint density at radius 1 is 0.703 bits per heavy atom. The lowest BCUT2D eigenvalue weighted by Crippen LogP contribution is -2.22. The first kappa shape index (κ1) is 24.9. The van der Waals surface area contributed by atoms with Crippen LogP contribution in [0.3, 0.4) is 0 Å². The molecule has 0 aromatic heterocycles. The molecule has 37 heavy (non-hydrogen) atoms. The zero-order valence-corrected chi connectivity index (χ0v) is 21.8. The summed E-state index contributed by atoms with van der Waals surface area (Å²) in [6, 6.07) is 23.4. The quantitative estimate of drug-likeness (QED) is 0.326. The minimum Gasteiger partial charge on any atom is -0.497 e. The second-order valence-corrected chi connectivity index (χ2v) is 12.2. The van der Waals surface area contributed by atoms with Crippen LogP contribution in [-0.2, 0) is 20.0 Å². The summed E-state index contributed by atoms with van der Waals surface area (Å²) < 4.78 is 63.5. The van der Waals surface area contributed by atoms with Crippen LogP contribution in [0.25, 0.3) is 10.8 Å². The Balaban J connectivity index is 1.50. The minimum atomic E-state index is -3.99. The molecule has 0 aliphatic carbocycles. The van der Waals surface area contributed by atoms with Crippen molar-refractivity contribution in [1.29, 1.82) is 0 Å². The summed E-state index contributed by atoms with van der Waals surface area (Å²) in [4.78, 5) is 2.11. The number of sulfonamides is 2. The van der Waals surface area contributed by atoms with Crippen LogP contribution in [-0.4, -0.2) is 37.0 Å². The summed E-state index contributed by atoms with van der Waals surface area (Å²) in [5.41, 5.74) is 1.22. The molecule has 1 fully saturated rings. The van der Waals surface area contributed by atoms with Gasteiger partial charge in [0, 0.05) is 18.8 Å². The third-order valence-corrected chi connectivity index (χ3v) is 9.09. The summed E-state index contributed by atoms with van der Waals surface area (Å²) in [6.07, 6.45) is 1.96. The molecule has 0 bridgehead atoms. The summed E-state index contributed by atoms with van der Waals surface area (Å²) in [5, 5.41) is 1.72. The molecular weight excluding hydrogens is 510 g/mol. The maximum atomic E-state index is 13.4. The Hall–Kier alpha value is -3.76. The Kier molecular flexibility index (Phi) is 6.70. The molecule has 4 aromatic carbocycles. The molecule has 4 aromatic rings. The first-order valence-electron chi connectivity index (χ1n) is 11.8. The van der Waals surface area contributed by atoms with Crippen LogP contribution >= 0.6 is 0 Å². The highest BCUT2D eigenvalue weighted by molar-refractivity contribution is 7.93. The van der Waals surface area contributed by atoms with Crippen LogP contribution in [0.1, 0.15) is 12.8 Å². The van der Waals surface area contributed by atoms with Gasteiger partial charge in [0.2, 0.25) is 0 Å². The number of anilines is 3. The van der Waals surface area contributed by atoms with E-state index < -0.39 is 20.0 Å². The molecule has 5 rings (SSSR count). The number of hydrogen-bond acceptors (Lipinski definition) is 6. The molecule has 192 valence electrons. The van der Waals surface area contributed by atoms with E-state index in [9.17, 15) is 16.8 Å². The fourth-order valence-electron chi connectivity index (χ4n) is 4.41. The van der Waals surface area contributed by atoms with Crippen molar-refractivity contribution in [3.05, 3.63) is 84.9 Å². The van der Waals surface area contributed by atoms with Gasteiger partial charge in [0.15, 0.2) is 0 Å². The standard InChI is InChI=1S/C27H27N3O5S2/c1-35-23-11-9-22(10-12-23)28-36(31,32)25-14-15-27(30-16-4-5-17-30)26(19-25)29-37(33,34)24-13-8-20-6-2-3-7-21(20)18-24/h2-3,6-15,18-19,28-29H,4-5,16-17H2,1H3. The van der Waals surface area contributed by atoms with E-state index in [0.29, 0.717) is 17.1 Å². The van der Waals surface area contributed by atoms with Crippen molar-refractivity contribution in [2.45, 2.75) is 22.6 Å². The van der Waals surface area contributed by atoms with Gasteiger partial charge in [-0.3, -0.25) is 9.44 Å². The lowest BCUT2D eigenvalue weighted by molar-refractivity contribution is 0.415. The van der Waals surface area contributed by atoms with Gasteiger partial charge in [-0.15, -0.1) is 0 Å². The summed E-state index contributed by atoms with van der Waals surface area (Å²) in [5.74, 6) is 0.600. The summed E-state index contributed by atoms with van der Waals surface area (Å²) in [7, 11) is -6.45. The average Bonchev–Trinajstić information content (AvgIpc) is 3.43. The molecule has 0 radical (unpaired) electrons. The predicted octanol–water partition coefficient (Wildman–Crippen LogP) is 5.05. The second-order valence-electron chi connectivity index (χ2n) is 8.82. The van der Waals surface area contributed by atoms with Crippen LogP contribution in [0.4, 0.5) is 17.1 Å². The normalized spacial score (nSPS) is 14.0. The Labute approximate surface area is 217 Å². The number of fused-ring (bicyclic) bond motifs is 1. The minimum absolute atomic E-state index is 0.0533. The highest BCUT2D eigenvalue weighted by Gasteiger charge is 2.24. The molecule has 0 unspecified atom stereocenters. The van der Waals surface area contributed by atoms with Gasteiger partial charge in [-0.2, -0.15) is 0 Å². The molecule has 2 N–H and O–H groups in total. The lowest BCUT2D eigenvalue weighted by Gasteiger charge is -2.23. The average molecular weight is 538 g/mol. The Morgan fingerprint density at radius 3 is 2.03 bits per heavy atom. The van der Waals surface area contributed by atoms with Crippen molar-refractivity contribution in [3.8, 4) is 5.75 Å². The monoisotopic (exact) mass is 537 g/mol. The molecular formula is C27H27N3O5S2. The molecule has 1 aliphatic heterocycles. The number of nitrogens with zero attached hydrogens (tertiary/aromatic N) is 1. The first-order valence-corrected chi connectivity index (χ1v) is 14.8. The van der Waals surface area contributed by atoms with Crippen molar-refractivity contribution in [1.82, 2.24) is 0 Å². The number of hydrogen-bond donors (Lipinski definition) is 2. The van der Waals surface area contributed by atoms with Gasteiger partial charge in [0.25, 0.3) is 20.0 Å². The number of nitrogens with one attached hydrogen (secondary N) is 2. The molecule has 0 spiro atoms. The van der Waals surface area contributed by atoms with Gasteiger partial charge >= 0.3 is 0 Å². The zero-order chi connectivity index (χ0) is 26.0. The van der Waals surface area contributed by atoms with Crippen LogP contribution in [0.2, 0.25) is 0 Å². The number of ether oxygens (including phenoxy) is 1.